The first-order chi connectivity index (χ1) is 10.1. The van der Waals surface area contributed by atoms with Gasteiger partial charge in [-0.05, 0) is 49.4 Å². The van der Waals surface area contributed by atoms with E-state index in [-0.39, 0.29) is 6.10 Å². The largest absolute Gasteiger partial charge is 0.492 e. The maximum Gasteiger partial charge on any atom is 0.182 e. The topological polar surface area (TPSA) is 88.1 Å². The van der Waals surface area contributed by atoms with Gasteiger partial charge in [-0.2, -0.15) is 0 Å². The molecule has 21 heavy (non-hydrogen) atoms. The molecule has 0 aliphatic carbocycles. The van der Waals surface area contributed by atoms with Crippen molar-refractivity contribution in [3.8, 4) is 17.1 Å². The molecule has 0 radical (unpaired) electrons. The maximum absolute atomic E-state index is 5.98. The molecule has 2 N–H and O–H groups in total. The van der Waals surface area contributed by atoms with E-state index in [9.17, 15) is 0 Å². The SMILES string of the molecule is CCOc1ccc(-c2nnnn2CCOC(C)C)cc1N. The van der Waals surface area contributed by atoms with Crippen LogP contribution in [0.3, 0.4) is 0 Å². The molecular weight excluding hydrogens is 270 g/mol. The summed E-state index contributed by atoms with van der Waals surface area (Å²) < 4.78 is 12.7. The molecule has 2 rings (SSSR count). The van der Waals surface area contributed by atoms with Gasteiger partial charge in [0, 0.05) is 5.56 Å². The number of nitrogens with two attached hydrogens (primary N) is 1. The number of nitrogens with zero attached hydrogens (tertiary/aromatic N) is 4. The van der Waals surface area contributed by atoms with Gasteiger partial charge in [0.2, 0.25) is 0 Å². The molecule has 0 unspecified atom stereocenters. The van der Waals surface area contributed by atoms with Crippen molar-refractivity contribution in [2.75, 3.05) is 18.9 Å². The van der Waals surface area contributed by atoms with Crippen LogP contribution in [0.2, 0.25) is 0 Å². The summed E-state index contributed by atoms with van der Waals surface area (Å²) in [6.45, 7) is 7.63. The smallest absolute Gasteiger partial charge is 0.182 e. The Labute approximate surface area is 124 Å². The number of hydrogen-bond donors (Lipinski definition) is 1. The number of rotatable bonds is 7. The number of anilines is 1. The van der Waals surface area contributed by atoms with Crippen LogP contribution in [0.4, 0.5) is 5.69 Å². The molecule has 0 atom stereocenters. The predicted octanol–water partition coefficient (Wildman–Crippen LogP) is 1.75. The van der Waals surface area contributed by atoms with Crippen LogP contribution in [0.15, 0.2) is 18.2 Å². The molecule has 114 valence electrons. The van der Waals surface area contributed by atoms with Crippen molar-refractivity contribution >= 4 is 5.69 Å². The first kappa shape index (κ1) is 15.2. The summed E-state index contributed by atoms with van der Waals surface area (Å²) in [4.78, 5) is 0. The minimum atomic E-state index is 0.186. The van der Waals surface area contributed by atoms with Crippen LogP contribution in [0.1, 0.15) is 20.8 Å². The lowest BCUT2D eigenvalue weighted by atomic mass is 10.2. The van der Waals surface area contributed by atoms with E-state index in [0.717, 1.165) is 5.56 Å². The molecule has 0 aliphatic rings. The molecule has 1 aromatic heterocycles. The van der Waals surface area contributed by atoms with Gasteiger partial charge in [-0.15, -0.1) is 5.10 Å². The Morgan fingerprint density at radius 3 is 2.81 bits per heavy atom. The van der Waals surface area contributed by atoms with Crippen molar-refractivity contribution in [1.82, 2.24) is 20.2 Å². The highest BCUT2D eigenvalue weighted by atomic mass is 16.5. The Morgan fingerprint density at radius 2 is 2.14 bits per heavy atom. The van der Waals surface area contributed by atoms with Crippen LogP contribution >= 0.6 is 0 Å². The molecule has 0 bridgehead atoms. The second-order valence-electron chi connectivity index (χ2n) is 4.83. The third kappa shape index (κ3) is 3.91. The first-order valence-corrected chi connectivity index (χ1v) is 7.02. The molecule has 0 saturated carbocycles. The minimum Gasteiger partial charge on any atom is -0.492 e. The van der Waals surface area contributed by atoms with Crippen molar-refractivity contribution in [3.05, 3.63) is 18.2 Å². The second-order valence-corrected chi connectivity index (χ2v) is 4.83. The average Bonchev–Trinajstić information content (AvgIpc) is 2.89. The number of tetrazole rings is 1. The number of nitrogen functional groups attached to an aromatic ring is 1. The van der Waals surface area contributed by atoms with Crippen LogP contribution in [0.5, 0.6) is 5.75 Å². The van der Waals surface area contributed by atoms with E-state index in [2.05, 4.69) is 15.5 Å². The van der Waals surface area contributed by atoms with Crippen LogP contribution in [-0.4, -0.2) is 39.5 Å². The summed E-state index contributed by atoms with van der Waals surface area (Å²) >= 11 is 0. The fraction of sp³-hybridized carbons (Fsp3) is 0.500. The van der Waals surface area contributed by atoms with E-state index in [1.165, 1.54) is 0 Å². The van der Waals surface area contributed by atoms with Gasteiger partial charge in [0.25, 0.3) is 0 Å². The Morgan fingerprint density at radius 1 is 1.33 bits per heavy atom. The third-order valence-corrected chi connectivity index (χ3v) is 2.85. The molecule has 0 aliphatic heterocycles. The normalized spacial score (nSPS) is 11.0. The highest BCUT2D eigenvalue weighted by molar-refractivity contribution is 5.66. The summed E-state index contributed by atoms with van der Waals surface area (Å²) in [6.07, 6.45) is 0.186. The van der Waals surface area contributed by atoms with Crippen LogP contribution in [-0.2, 0) is 11.3 Å². The van der Waals surface area contributed by atoms with Crippen molar-refractivity contribution < 1.29 is 9.47 Å². The summed E-state index contributed by atoms with van der Waals surface area (Å²) in [5.41, 5.74) is 7.40. The zero-order valence-electron chi connectivity index (χ0n) is 12.6. The molecule has 1 aromatic carbocycles. The van der Waals surface area contributed by atoms with E-state index in [1.807, 2.05) is 39.0 Å². The van der Waals surface area contributed by atoms with Gasteiger partial charge >= 0.3 is 0 Å². The van der Waals surface area contributed by atoms with Gasteiger partial charge in [0.05, 0.1) is 31.5 Å². The van der Waals surface area contributed by atoms with E-state index in [1.54, 1.807) is 4.68 Å². The molecular formula is C14H21N5O2. The zero-order chi connectivity index (χ0) is 15.2. The number of aromatic nitrogens is 4. The van der Waals surface area contributed by atoms with E-state index >= 15 is 0 Å². The highest BCUT2D eigenvalue weighted by Crippen LogP contribution is 2.27. The second kappa shape index (κ2) is 7.03. The predicted molar refractivity (Wildman–Crippen MR) is 79.9 cm³/mol. The zero-order valence-corrected chi connectivity index (χ0v) is 12.6. The van der Waals surface area contributed by atoms with Crippen molar-refractivity contribution in [1.29, 1.82) is 0 Å². The summed E-state index contributed by atoms with van der Waals surface area (Å²) in [7, 11) is 0. The van der Waals surface area contributed by atoms with Crippen molar-refractivity contribution in [2.24, 2.45) is 0 Å². The van der Waals surface area contributed by atoms with E-state index < -0.39 is 0 Å². The van der Waals surface area contributed by atoms with Crippen LogP contribution < -0.4 is 10.5 Å². The first-order valence-electron chi connectivity index (χ1n) is 7.02. The van der Waals surface area contributed by atoms with Gasteiger partial charge in [0.1, 0.15) is 5.75 Å². The van der Waals surface area contributed by atoms with Crippen molar-refractivity contribution in [3.63, 3.8) is 0 Å². The van der Waals surface area contributed by atoms with Crippen LogP contribution in [0, 0.1) is 0 Å². The van der Waals surface area contributed by atoms with Gasteiger partial charge in [-0.3, -0.25) is 0 Å². The summed E-state index contributed by atoms with van der Waals surface area (Å²) in [6, 6.07) is 5.54. The van der Waals surface area contributed by atoms with Gasteiger partial charge in [-0.25, -0.2) is 4.68 Å². The summed E-state index contributed by atoms with van der Waals surface area (Å²) in [5, 5.41) is 11.8. The van der Waals surface area contributed by atoms with E-state index in [4.69, 9.17) is 15.2 Å². The lowest BCUT2D eigenvalue weighted by Crippen LogP contribution is -2.12. The molecule has 0 spiro atoms. The minimum absolute atomic E-state index is 0.186. The highest BCUT2D eigenvalue weighted by Gasteiger charge is 2.11. The Balaban J connectivity index is 2.15. The third-order valence-electron chi connectivity index (χ3n) is 2.85. The number of ether oxygens (including phenoxy) is 2. The molecule has 0 fully saturated rings. The fourth-order valence-corrected chi connectivity index (χ4v) is 1.91. The van der Waals surface area contributed by atoms with Crippen LogP contribution in [0.25, 0.3) is 11.4 Å². The lowest BCUT2D eigenvalue weighted by molar-refractivity contribution is 0.0709. The Hall–Kier alpha value is -2.15. The van der Waals surface area contributed by atoms with E-state index in [0.29, 0.717) is 37.0 Å². The van der Waals surface area contributed by atoms with Gasteiger partial charge < -0.3 is 15.2 Å². The molecule has 7 nitrogen and oxygen atoms in total. The maximum atomic E-state index is 5.98. The Bertz CT molecular complexity index is 582. The average molecular weight is 291 g/mol. The fourth-order valence-electron chi connectivity index (χ4n) is 1.91. The molecule has 2 aromatic rings. The molecule has 7 heteroatoms. The Kier molecular flexibility index (Phi) is 5.10. The summed E-state index contributed by atoms with van der Waals surface area (Å²) in [5.74, 6) is 1.33. The molecule has 0 saturated heterocycles. The molecule has 1 heterocycles. The lowest BCUT2D eigenvalue weighted by Gasteiger charge is -2.10. The van der Waals surface area contributed by atoms with Crippen molar-refractivity contribution in [2.45, 2.75) is 33.4 Å². The number of hydrogen-bond acceptors (Lipinski definition) is 6. The quantitative estimate of drug-likeness (QED) is 0.782. The molecule has 0 amide bonds. The van der Waals surface area contributed by atoms with Gasteiger partial charge in [0.15, 0.2) is 5.82 Å². The standard InChI is InChI=1S/C14H21N5O2/c1-4-20-13-6-5-11(9-12(13)15)14-16-17-18-19(14)7-8-21-10(2)3/h5-6,9-10H,4,7-8,15H2,1-3H3. The van der Waals surface area contributed by atoms with Gasteiger partial charge in [-0.1, -0.05) is 0 Å². The monoisotopic (exact) mass is 291 g/mol. The number of benzene rings is 1.